The van der Waals surface area contributed by atoms with E-state index in [2.05, 4.69) is 17.2 Å². The van der Waals surface area contributed by atoms with Crippen molar-refractivity contribution >= 4 is 11.8 Å². The van der Waals surface area contributed by atoms with Gasteiger partial charge in [0.25, 0.3) is 0 Å². The molecule has 22 heavy (non-hydrogen) atoms. The first-order chi connectivity index (χ1) is 10.4. The van der Waals surface area contributed by atoms with Crippen LogP contribution in [0.1, 0.15) is 58.4 Å². The highest BCUT2D eigenvalue weighted by molar-refractivity contribution is 5.85. The molecule has 1 aliphatic rings. The van der Waals surface area contributed by atoms with Crippen LogP contribution in [0.15, 0.2) is 24.3 Å². The van der Waals surface area contributed by atoms with Crippen LogP contribution >= 0.6 is 0 Å². The summed E-state index contributed by atoms with van der Waals surface area (Å²) in [6, 6.07) is 7.60. The maximum absolute atomic E-state index is 11.8. The number of nitrogens with one attached hydrogen (secondary N) is 1. The number of hydrogen-bond acceptors (Lipinski definition) is 2. The summed E-state index contributed by atoms with van der Waals surface area (Å²) in [5.74, 6) is 7.12. The molecule has 118 valence electrons. The lowest BCUT2D eigenvalue weighted by atomic mass is 9.90. The summed E-state index contributed by atoms with van der Waals surface area (Å²) < 4.78 is 5.25. The third kappa shape index (κ3) is 5.81. The molecular weight excluding hydrogens is 274 g/mol. The van der Waals surface area contributed by atoms with Gasteiger partial charge in [0, 0.05) is 17.2 Å². The zero-order valence-corrected chi connectivity index (χ0v) is 13.7. The largest absolute Gasteiger partial charge is 0.444 e. The van der Waals surface area contributed by atoms with E-state index in [0.29, 0.717) is 11.6 Å². The van der Waals surface area contributed by atoms with Crippen LogP contribution in [0, 0.1) is 17.8 Å². The van der Waals surface area contributed by atoms with Gasteiger partial charge in [0.15, 0.2) is 0 Å². The van der Waals surface area contributed by atoms with Crippen LogP contribution in [0.3, 0.4) is 0 Å². The molecule has 1 aromatic carbocycles. The van der Waals surface area contributed by atoms with E-state index in [9.17, 15) is 4.79 Å². The Balaban J connectivity index is 1.98. The van der Waals surface area contributed by atoms with Crippen molar-refractivity contribution in [1.82, 2.24) is 0 Å². The lowest BCUT2D eigenvalue weighted by molar-refractivity contribution is 0.0636. The van der Waals surface area contributed by atoms with Crippen LogP contribution in [0.5, 0.6) is 0 Å². The van der Waals surface area contributed by atoms with Crippen molar-refractivity contribution in [3.63, 3.8) is 0 Å². The molecule has 1 amide bonds. The fraction of sp³-hybridized carbons (Fsp3) is 0.526. The van der Waals surface area contributed by atoms with E-state index < -0.39 is 11.7 Å². The van der Waals surface area contributed by atoms with Crippen molar-refractivity contribution in [2.75, 3.05) is 5.32 Å². The molecule has 1 fully saturated rings. The van der Waals surface area contributed by atoms with Crippen molar-refractivity contribution in [1.29, 1.82) is 0 Å². The summed E-state index contributed by atoms with van der Waals surface area (Å²) in [6.45, 7) is 5.54. The molecule has 0 aromatic heterocycles. The molecule has 1 aliphatic carbocycles. The Labute approximate surface area is 133 Å². The SMILES string of the molecule is CC(C)(C)OC(=O)Nc1cccc(C#CC2CCCCC2)c1. The van der Waals surface area contributed by atoms with Gasteiger partial charge in [0.2, 0.25) is 0 Å². The number of ether oxygens (including phenoxy) is 1. The average molecular weight is 299 g/mol. The summed E-state index contributed by atoms with van der Waals surface area (Å²) in [7, 11) is 0. The van der Waals surface area contributed by atoms with Crippen molar-refractivity contribution in [2.45, 2.75) is 58.5 Å². The van der Waals surface area contributed by atoms with Gasteiger partial charge in [-0.15, -0.1) is 0 Å². The molecule has 2 rings (SSSR count). The molecule has 1 N–H and O–H groups in total. The number of carbonyl (C=O) groups excluding carboxylic acids is 1. The molecule has 0 atom stereocenters. The van der Waals surface area contributed by atoms with Crippen LogP contribution in [0.25, 0.3) is 0 Å². The Morgan fingerprint density at radius 3 is 2.64 bits per heavy atom. The van der Waals surface area contributed by atoms with Crippen molar-refractivity contribution < 1.29 is 9.53 Å². The second kappa shape index (κ2) is 7.35. The monoisotopic (exact) mass is 299 g/mol. The Bertz CT molecular complexity index is 569. The standard InChI is InChI=1S/C19H25NO2/c1-19(2,3)22-18(21)20-17-11-7-10-16(14-17)13-12-15-8-5-4-6-9-15/h7,10-11,14-15H,4-6,8-9H2,1-3H3,(H,20,21). The summed E-state index contributed by atoms with van der Waals surface area (Å²) in [5.41, 5.74) is 1.14. The number of amides is 1. The predicted octanol–water partition coefficient (Wildman–Crippen LogP) is 4.97. The van der Waals surface area contributed by atoms with E-state index in [1.807, 2.05) is 45.0 Å². The minimum Gasteiger partial charge on any atom is -0.444 e. The van der Waals surface area contributed by atoms with Gasteiger partial charge < -0.3 is 4.74 Å². The molecule has 0 bridgehead atoms. The number of carbonyl (C=O) groups is 1. The van der Waals surface area contributed by atoms with Gasteiger partial charge in [0.1, 0.15) is 5.60 Å². The highest BCUT2D eigenvalue weighted by Crippen LogP contribution is 2.23. The number of benzene rings is 1. The Morgan fingerprint density at radius 2 is 1.95 bits per heavy atom. The Morgan fingerprint density at radius 1 is 1.23 bits per heavy atom. The number of anilines is 1. The molecule has 1 aromatic rings. The quantitative estimate of drug-likeness (QED) is 0.744. The average Bonchev–Trinajstić information content (AvgIpc) is 2.44. The smallest absolute Gasteiger partial charge is 0.412 e. The normalized spacial score (nSPS) is 15.6. The van der Waals surface area contributed by atoms with E-state index >= 15 is 0 Å². The first-order valence-corrected chi connectivity index (χ1v) is 8.04. The van der Waals surface area contributed by atoms with Gasteiger partial charge >= 0.3 is 6.09 Å². The highest BCUT2D eigenvalue weighted by Gasteiger charge is 2.16. The number of hydrogen-bond donors (Lipinski definition) is 1. The van der Waals surface area contributed by atoms with E-state index in [1.54, 1.807) is 0 Å². The van der Waals surface area contributed by atoms with Crippen molar-refractivity contribution in [3.8, 4) is 11.8 Å². The van der Waals surface area contributed by atoms with Crippen LogP contribution in [0.2, 0.25) is 0 Å². The van der Waals surface area contributed by atoms with E-state index in [4.69, 9.17) is 4.74 Å². The summed E-state index contributed by atoms with van der Waals surface area (Å²) in [5, 5.41) is 2.75. The summed E-state index contributed by atoms with van der Waals surface area (Å²) in [4.78, 5) is 11.8. The topological polar surface area (TPSA) is 38.3 Å². The van der Waals surface area contributed by atoms with Gasteiger partial charge in [-0.3, -0.25) is 5.32 Å². The van der Waals surface area contributed by atoms with E-state index in [1.165, 1.54) is 32.1 Å². The first kappa shape index (κ1) is 16.4. The van der Waals surface area contributed by atoms with Gasteiger partial charge in [-0.2, -0.15) is 0 Å². The van der Waals surface area contributed by atoms with E-state index in [0.717, 1.165) is 5.56 Å². The van der Waals surface area contributed by atoms with Crippen molar-refractivity contribution in [3.05, 3.63) is 29.8 Å². The highest BCUT2D eigenvalue weighted by atomic mass is 16.6. The molecular formula is C19H25NO2. The second-order valence-electron chi connectivity index (χ2n) is 6.81. The van der Waals surface area contributed by atoms with Crippen LogP contribution in [-0.2, 0) is 4.74 Å². The zero-order chi connectivity index (χ0) is 16.0. The van der Waals surface area contributed by atoms with Crippen LogP contribution in [-0.4, -0.2) is 11.7 Å². The minimum atomic E-state index is -0.498. The third-order valence-corrected chi connectivity index (χ3v) is 3.53. The van der Waals surface area contributed by atoms with E-state index in [-0.39, 0.29) is 0 Å². The van der Waals surface area contributed by atoms with Crippen LogP contribution in [0.4, 0.5) is 10.5 Å². The molecule has 3 heteroatoms. The molecule has 0 heterocycles. The molecule has 0 unspecified atom stereocenters. The lowest BCUT2D eigenvalue weighted by Gasteiger charge is -2.19. The fourth-order valence-corrected chi connectivity index (χ4v) is 2.53. The Kier molecular flexibility index (Phi) is 5.49. The van der Waals surface area contributed by atoms with Gasteiger partial charge in [-0.1, -0.05) is 37.2 Å². The lowest BCUT2D eigenvalue weighted by Crippen LogP contribution is -2.27. The maximum Gasteiger partial charge on any atom is 0.412 e. The third-order valence-electron chi connectivity index (χ3n) is 3.53. The fourth-order valence-electron chi connectivity index (χ4n) is 2.53. The minimum absolute atomic E-state index is 0.440. The molecule has 0 saturated heterocycles. The number of rotatable bonds is 1. The molecule has 3 nitrogen and oxygen atoms in total. The van der Waals surface area contributed by atoms with Crippen LogP contribution < -0.4 is 5.32 Å². The van der Waals surface area contributed by atoms with Crippen molar-refractivity contribution in [2.24, 2.45) is 5.92 Å². The molecule has 0 radical (unpaired) electrons. The second-order valence-corrected chi connectivity index (χ2v) is 6.81. The first-order valence-electron chi connectivity index (χ1n) is 8.04. The predicted molar refractivity (Wildman–Crippen MR) is 89.8 cm³/mol. The van der Waals surface area contributed by atoms with Gasteiger partial charge in [0.05, 0.1) is 0 Å². The summed E-state index contributed by atoms with van der Waals surface area (Å²) in [6.07, 6.45) is 5.91. The zero-order valence-electron chi connectivity index (χ0n) is 13.7. The maximum atomic E-state index is 11.8. The van der Waals surface area contributed by atoms with Gasteiger partial charge in [-0.25, -0.2) is 4.79 Å². The Hall–Kier alpha value is -1.95. The molecule has 0 spiro atoms. The molecule has 0 aliphatic heterocycles. The molecule has 1 saturated carbocycles. The van der Waals surface area contributed by atoms with Gasteiger partial charge in [-0.05, 0) is 51.8 Å². The summed E-state index contributed by atoms with van der Waals surface area (Å²) >= 11 is 0.